The van der Waals surface area contributed by atoms with E-state index in [2.05, 4.69) is 16.9 Å². The fourth-order valence-corrected chi connectivity index (χ4v) is 4.62. The Balaban J connectivity index is 1.96. The second kappa shape index (κ2) is 15.9. The van der Waals surface area contributed by atoms with Crippen LogP contribution in [0.3, 0.4) is 0 Å². The molecule has 0 saturated carbocycles. The van der Waals surface area contributed by atoms with Crippen LogP contribution in [0.15, 0.2) is 0 Å². The van der Waals surface area contributed by atoms with Crippen molar-refractivity contribution in [1.29, 1.82) is 0 Å². The van der Waals surface area contributed by atoms with Gasteiger partial charge in [0.2, 0.25) is 5.91 Å². The van der Waals surface area contributed by atoms with Crippen molar-refractivity contribution in [3.8, 4) is 0 Å². The summed E-state index contributed by atoms with van der Waals surface area (Å²) in [6, 6.07) is 0. The van der Waals surface area contributed by atoms with E-state index >= 15 is 0 Å². The molecule has 0 aromatic rings. The number of unbranched alkanes of at least 4 members (excludes halogenated alkanes) is 3. The van der Waals surface area contributed by atoms with Gasteiger partial charge < -0.3 is 29.2 Å². The molecule has 2 N–H and O–H groups in total. The summed E-state index contributed by atoms with van der Waals surface area (Å²) in [5.74, 6) is -0.0159. The summed E-state index contributed by atoms with van der Waals surface area (Å²) < 4.78 is 32.1. The molecule has 1 unspecified atom stereocenters. The maximum Gasteiger partial charge on any atom is 0.407 e. The molecule has 1 aliphatic rings. The van der Waals surface area contributed by atoms with Gasteiger partial charge in [-0.1, -0.05) is 12.8 Å². The van der Waals surface area contributed by atoms with E-state index in [0.717, 1.165) is 58.2 Å². The molecule has 1 atom stereocenters. The topological polar surface area (TPSA) is 112 Å². The molecule has 0 aromatic heterocycles. The Morgan fingerprint density at radius 1 is 1.06 bits per heavy atom. The molecule has 9 nitrogen and oxygen atoms in total. The van der Waals surface area contributed by atoms with Crippen LogP contribution >= 0.6 is 19.4 Å². The van der Waals surface area contributed by atoms with Crippen LogP contribution < -0.4 is 10.6 Å². The van der Waals surface area contributed by atoms with E-state index in [-0.39, 0.29) is 17.3 Å². The summed E-state index contributed by atoms with van der Waals surface area (Å²) >= 11 is 1.82. The van der Waals surface area contributed by atoms with Gasteiger partial charge in [0.15, 0.2) is 0 Å². The minimum absolute atomic E-state index is 0.0159. The molecule has 0 aliphatic carbocycles. The van der Waals surface area contributed by atoms with Gasteiger partial charge >= 0.3 is 13.7 Å². The quantitative estimate of drug-likeness (QED) is 0.254. The number of carbonyl (C=O) groups is 2. The maximum absolute atomic E-state index is 12.0. The van der Waals surface area contributed by atoms with Crippen molar-refractivity contribution in [2.45, 2.75) is 56.1 Å². The van der Waals surface area contributed by atoms with Crippen molar-refractivity contribution in [3.05, 3.63) is 0 Å². The van der Waals surface area contributed by atoms with Gasteiger partial charge in [0, 0.05) is 44.7 Å². The summed E-state index contributed by atoms with van der Waals surface area (Å²) in [6.45, 7) is 4.35. The zero-order valence-electron chi connectivity index (χ0n) is 19.1. The highest BCUT2D eigenvalue weighted by Gasteiger charge is 2.31. The molecule has 0 aromatic carbocycles. The van der Waals surface area contributed by atoms with Gasteiger partial charge in [-0.25, -0.2) is 4.79 Å². The van der Waals surface area contributed by atoms with Crippen molar-refractivity contribution in [1.82, 2.24) is 10.6 Å². The normalized spacial score (nSPS) is 17.5. The molecule has 1 saturated heterocycles. The van der Waals surface area contributed by atoms with E-state index in [4.69, 9.17) is 18.5 Å². The van der Waals surface area contributed by atoms with E-state index in [9.17, 15) is 14.2 Å². The van der Waals surface area contributed by atoms with Gasteiger partial charge in [-0.2, -0.15) is 11.8 Å². The lowest BCUT2D eigenvalue weighted by Gasteiger charge is -2.35. The number of rotatable bonds is 16. The molecule has 0 radical (unpaired) electrons. The minimum Gasteiger partial charge on any atom is -0.448 e. The molecule has 1 aliphatic heterocycles. The zero-order chi connectivity index (χ0) is 23.0. The third kappa shape index (κ3) is 13.4. The molecule has 2 amide bonds. The Kier molecular flexibility index (Phi) is 14.5. The van der Waals surface area contributed by atoms with E-state index in [0.29, 0.717) is 26.1 Å². The van der Waals surface area contributed by atoms with Crippen molar-refractivity contribution in [2.24, 2.45) is 0 Å². The van der Waals surface area contributed by atoms with Crippen molar-refractivity contribution < 1.29 is 32.7 Å². The number of nitrogens with one attached hydrogen (secondary N) is 2. The smallest absolute Gasteiger partial charge is 0.407 e. The number of alkyl carbamates (subject to hydrolysis) is 1. The second-order valence-corrected chi connectivity index (χ2v) is 11.1. The lowest BCUT2D eigenvalue weighted by molar-refractivity contribution is -0.121. The number of hydrogen-bond acceptors (Lipinski definition) is 8. The first kappa shape index (κ1) is 28.2. The predicted octanol–water partition coefficient (Wildman–Crippen LogP) is 3.57. The first-order chi connectivity index (χ1) is 14.8. The largest absolute Gasteiger partial charge is 0.448 e. The van der Waals surface area contributed by atoms with Crippen molar-refractivity contribution in [2.75, 3.05) is 59.5 Å². The highest BCUT2D eigenvalue weighted by molar-refractivity contribution is 8.00. The highest BCUT2D eigenvalue weighted by atomic mass is 32.2. The van der Waals surface area contributed by atoms with Crippen molar-refractivity contribution >= 4 is 31.4 Å². The number of thioether (sulfide) groups is 1. The van der Waals surface area contributed by atoms with E-state index in [1.54, 1.807) is 0 Å². The van der Waals surface area contributed by atoms with Gasteiger partial charge in [-0.05, 0) is 38.4 Å². The van der Waals surface area contributed by atoms with Gasteiger partial charge in [-0.3, -0.25) is 9.36 Å². The Labute approximate surface area is 190 Å². The molecule has 1 heterocycles. The second-order valence-electron chi connectivity index (χ2n) is 7.61. The molecule has 182 valence electrons. The molecule has 0 spiro atoms. The minimum atomic E-state index is -2.89. The summed E-state index contributed by atoms with van der Waals surface area (Å²) in [4.78, 5) is 23.7. The lowest BCUT2D eigenvalue weighted by atomic mass is 9.93. The molecule has 31 heavy (non-hydrogen) atoms. The van der Waals surface area contributed by atoms with Gasteiger partial charge in [-0.15, -0.1) is 0 Å². The summed E-state index contributed by atoms with van der Waals surface area (Å²) in [5, 5.41) is 5.50. The number of carbonyl (C=O) groups excluding carboxylic acids is 2. The number of ether oxygens (including phenoxy) is 2. The van der Waals surface area contributed by atoms with Gasteiger partial charge in [0.25, 0.3) is 0 Å². The lowest BCUT2D eigenvalue weighted by Crippen LogP contribution is -2.36. The Hall–Kier alpha value is -0.800. The van der Waals surface area contributed by atoms with E-state index < -0.39 is 13.7 Å². The van der Waals surface area contributed by atoms with Crippen molar-refractivity contribution in [3.63, 3.8) is 0 Å². The molecule has 1 rings (SSSR count). The van der Waals surface area contributed by atoms with Crippen LogP contribution in [0.2, 0.25) is 0 Å². The van der Waals surface area contributed by atoms with Crippen LogP contribution in [-0.2, 0) is 27.9 Å². The Morgan fingerprint density at radius 2 is 1.77 bits per heavy atom. The molecule has 0 bridgehead atoms. The summed E-state index contributed by atoms with van der Waals surface area (Å²) in [6.07, 6.45) is 8.33. The predicted molar refractivity (Wildman–Crippen MR) is 123 cm³/mol. The zero-order valence-corrected chi connectivity index (χ0v) is 20.8. The van der Waals surface area contributed by atoms with Crippen LogP contribution in [0, 0.1) is 0 Å². The summed E-state index contributed by atoms with van der Waals surface area (Å²) in [7, 11) is -1.52. The van der Waals surface area contributed by atoms with Gasteiger partial charge in [0.1, 0.15) is 6.61 Å². The molecule has 11 heteroatoms. The van der Waals surface area contributed by atoms with E-state index in [1.165, 1.54) is 13.8 Å². The fraction of sp³-hybridized carbons (Fsp3) is 0.900. The maximum atomic E-state index is 12.0. The SMILES string of the molecule is COP(C)(=O)OCCCCCCNC(=O)OCCNC(=O)CCC1(SC)CCOCC1. The summed E-state index contributed by atoms with van der Waals surface area (Å²) in [5.41, 5.74) is 0. The average molecular weight is 483 g/mol. The van der Waals surface area contributed by atoms with Crippen LogP contribution in [-0.4, -0.2) is 76.3 Å². The van der Waals surface area contributed by atoms with Crippen LogP contribution in [0.25, 0.3) is 0 Å². The fourth-order valence-electron chi connectivity index (χ4n) is 3.17. The highest BCUT2D eigenvalue weighted by Crippen LogP contribution is 2.42. The first-order valence-corrected chi connectivity index (χ1v) is 14.1. The third-order valence-corrected chi connectivity index (χ3v) is 8.09. The Bertz CT molecular complexity index is 574. The van der Waals surface area contributed by atoms with Crippen LogP contribution in [0.5, 0.6) is 0 Å². The van der Waals surface area contributed by atoms with Gasteiger partial charge in [0.05, 0.1) is 13.2 Å². The molecular formula is C20H39N2O7PS. The standard InChI is InChI=1S/C20H39N2O7PS/c1-26-30(2,25)29-14-7-5-4-6-12-22-19(24)28-17-13-21-18(23)8-9-20(31-3)10-15-27-16-11-20/h4-17H2,1-3H3,(H,21,23)(H,22,24). The van der Waals surface area contributed by atoms with Crippen LogP contribution in [0.4, 0.5) is 4.79 Å². The molecular weight excluding hydrogens is 443 g/mol. The number of amides is 2. The Morgan fingerprint density at radius 3 is 2.45 bits per heavy atom. The number of hydrogen-bond donors (Lipinski definition) is 2. The van der Waals surface area contributed by atoms with E-state index in [1.807, 2.05) is 11.8 Å². The first-order valence-electron chi connectivity index (χ1n) is 10.9. The third-order valence-electron chi connectivity index (χ3n) is 5.30. The average Bonchev–Trinajstić information content (AvgIpc) is 2.77. The monoisotopic (exact) mass is 482 g/mol. The molecule has 1 fully saturated rings. The van der Waals surface area contributed by atoms with Crippen LogP contribution in [0.1, 0.15) is 51.4 Å².